The molecular formula is C21H22N8O. The van der Waals surface area contributed by atoms with Gasteiger partial charge in [-0.2, -0.15) is 10.2 Å². The lowest BCUT2D eigenvalue weighted by Crippen LogP contribution is -2.24. The molecule has 0 radical (unpaired) electrons. The molecule has 2 aromatic heterocycles. The van der Waals surface area contributed by atoms with E-state index in [2.05, 4.69) is 21.4 Å². The summed E-state index contributed by atoms with van der Waals surface area (Å²) in [6.45, 7) is 2.35. The Morgan fingerprint density at radius 1 is 1.43 bits per heavy atom. The molecule has 1 aliphatic carbocycles. The van der Waals surface area contributed by atoms with Gasteiger partial charge in [0, 0.05) is 24.7 Å². The van der Waals surface area contributed by atoms with E-state index in [9.17, 15) is 5.26 Å². The molecule has 0 bridgehead atoms. The highest BCUT2D eigenvalue weighted by Crippen LogP contribution is 2.43. The van der Waals surface area contributed by atoms with E-state index in [0.29, 0.717) is 46.7 Å². The second-order valence-electron chi connectivity index (χ2n) is 7.10. The van der Waals surface area contributed by atoms with Crippen molar-refractivity contribution in [3.63, 3.8) is 0 Å². The summed E-state index contributed by atoms with van der Waals surface area (Å²) < 4.78 is 5.77. The van der Waals surface area contributed by atoms with Gasteiger partial charge in [-0.1, -0.05) is 0 Å². The third-order valence-corrected chi connectivity index (χ3v) is 4.99. The molecule has 9 heteroatoms. The molecule has 30 heavy (non-hydrogen) atoms. The van der Waals surface area contributed by atoms with Gasteiger partial charge in [0.25, 0.3) is 0 Å². The van der Waals surface area contributed by atoms with Crippen molar-refractivity contribution >= 4 is 34.8 Å². The number of nitrogens with one attached hydrogen (secondary N) is 4. The molecule has 1 aromatic carbocycles. The second kappa shape index (κ2) is 7.83. The molecular weight excluding hydrogens is 380 g/mol. The monoisotopic (exact) mass is 402 g/mol. The van der Waals surface area contributed by atoms with Gasteiger partial charge < -0.3 is 19.9 Å². The summed E-state index contributed by atoms with van der Waals surface area (Å²) >= 11 is 0. The zero-order valence-corrected chi connectivity index (χ0v) is 16.8. The third kappa shape index (κ3) is 3.55. The minimum absolute atomic E-state index is 0.196. The van der Waals surface area contributed by atoms with Crippen LogP contribution in [0.25, 0.3) is 11.0 Å². The Balaban J connectivity index is 1.71. The number of rotatable bonds is 7. The minimum atomic E-state index is 0.196. The Morgan fingerprint density at radius 2 is 2.23 bits per heavy atom. The maximum absolute atomic E-state index is 9.39. The first-order valence-electron chi connectivity index (χ1n) is 9.71. The van der Waals surface area contributed by atoms with Gasteiger partial charge in [0.05, 0.1) is 35.3 Å². The van der Waals surface area contributed by atoms with Crippen molar-refractivity contribution in [1.82, 2.24) is 19.9 Å². The van der Waals surface area contributed by atoms with Crippen molar-refractivity contribution < 1.29 is 4.74 Å². The molecule has 0 aliphatic heterocycles. The van der Waals surface area contributed by atoms with Crippen LogP contribution in [0, 0.1) is 22.1 Å². The molecule has 1 fully saturated rings. The molecule has 0 atom stereocenters. The number of benzene rings is 1. The van der Waals surface area contributed by atoms with Crippen molar-refractivity contribution in [2.24, 2.45) is 0 Å². The van der Waals surface area contributed by atoms with E-state index in [1.54, 1.807) is 25.4 Å². The predicted molar refractivity (Wildman–Crippen MR) is 115 cm³/mol. The Kier molecular flexibility index (Phi) is 5.06. The highest BCUT2D eigenvalue weighted by Gasteiger charge is 2.29. The van der Waals surface area contributed by atoms with E-state index in [-0.39, 0.29) is 5.84 Å². The van der Waals surface area contributed by atoms with Crippen LogP contribution in [0.3, 0.4) is 0 Å². The number of nitriles is 1. The highest BCUT2D eigenvalue weighted by atomic mass is 16.5. The topological polar surface area (TPSA) is 138 Å². The fourth-order valence-electron chi connectivity index (χ4n) is 3.29. The van der Waals surface area contributed by atoms with Crippen molar-refractivity contribution in [3.05, 3.63) is 41.2 Å². The van der Waals surface area contributed by atoms with E-state index in [1.807, 2.05) is 13.0 Å². The molecule has 0 spiro atoms. The van der Waals surface area contributed by atoms with Crippen molar-refractivity contribution in [2.45, 2.75) is 25.7 Å². The minimum Gasteiger partial charge on any atom is -0.492 e. The molecule has 3 aromatic rings. The zero-order valence-electron chi connectivity index (χ0n) is 16.8. The van der Waals surface area contributed by atoms with E-state index < -0.39 is 0 Å². The first-order valence-corrected chi connectivity index (χ1v) is 9.71. The molecule has 152 valence electrons. The van der Waals surface area contributed by atoms with Crippen molar-refractivity contribution in [3.8, 4) is 11.8 Å². The van der Waals surface area contributed by atoms with Gasteiger partial charge in [0.2, 0.25) is 5.95 Å². The Morgan fingerprint density at radius 3 is 2.90 bits per heavy atom. The highest BCUT2D eigenvalue weighted by molar-refractivity contribution is 6.02. The largest absolute Gasteiger partial charge is 0.492 e. The molecule has 4 N–H and O–H groups in total. The number of fused-ring (bicyclic) bond motifs is 1. The zero-order chi connectivity index (χ0) is 21.3. The van der Waals surface area contributed by atoms with Crippen LogP contribution in [0.2, 0.25) is 0 Å². The first kappa shape index (κ1) is 19.4. The van der Waals surface area contributed by atoms with Crippen LogP contribution in [-0.4, -0.2) is 45.7 Å². The summed E-state index contributed by atoms with van der Waals surface area (Å²) in [5.74, 6) is 1.54. The standard InChI is InChI=1S/C21H22N8O/c1-3-30-16-8-13(19(24)29(2)11-23)6-7-15(16)26-21-27-18(12-4-5-12)17-14(9-22)10-25-20(17)28-21/h6-8,10-12,23-24H,3-5H2,1-2H3,(H2,25,26,27,28). The summed E-state index contributed by atoms with van der Waals surface area (Å²) in [6, 6.07) is 7.57. The Hall–Kier alpha value is -3.93. The average Bonchev–Trinajstić information content (AvgIpc) is 3.53. The fraction of sp³-hybridized carbons (Fsp3) is 0.286. The quantitative estimate of drug-likeness (QED) is 0.351. The fourth-order valence-corrected chi connectivity index (χ4v) is 3.29. The van der Waals surface area contributed by atoms with Crippen LogP contribution in [0.4, 0.5) is 11.6 Å². The normalized spacial score (nSPS) is 13.0. The van der Waals surface area contributed by atoms with E-state index in [0.717, 1.165) is 30.3 Å². The number of aromatic nitrogens is 3. The van der Waals surface area contributed by atoms with Gasteiger partial charge >= 0.3 is 0 Å². The van der Waals surface area contributed by atoms with E-state index in [4.69, 9.17) is 20.5 Å². The van der Waals surface area contributed by atoms with Crippen molar-refractivity contribution in [2.75, 3.05) is 19.0 Å². The van der Waals surface area contributed by atoms with Crippen LogP contribution in [-0.2, 0) is 0 Å². The number of aromatic amines is 1. The summed E-state index contributed by atoms with van der Waals surface area (Å²) in [4.78, 5) is 13.7. The molecule has 9 nitrogen and oxygen atoms in total. The number of anilines is 2. The average molecular weight is 402 g/mol. The number of hydrogen-bond donors (Lipinski definition) is 4. The Labute approximate surface area is 173 Å². The van der Waals surface area contributed by atoms with Crippen LogP contribution in [0.5, 0.6) is 5.75 Å². The Bertz CT molecular complexity index is 1170. The van der Waals surface area contributed by atoms with E-state index >= 15 is 0 Å². The lowest BCUT2D eigenvalue weighted by Gasteiger charge is -2.17. The summed E-state index contributed by atoms with van der Waals surface area (Å²) in [5.41, 5.74) is 3.40. The van der Waals surface area contributed by atoms with Gasteiger partial charge in [0.1, 0.15) is 23.3 Å². The molecule has 0 saturated heterocycles. The first-order chi connectivity index (χ1) is 14.5. The molecule has 1 aliphatic rings. The van der Waals surface area contributed by atoms with Gasteiger partial charge in [-0.3, -0.25) is 10.8 Å². The number of amidine groups is 1. The maximum atomic E-state index is 9.39. The smallest absolute Gasteiger partial charge is 0.229 e. The summed E-state index contributed by atoms with van der Waals surface area (Å²) in [5, 5.41) is 28.9. The summed E-state index contributed by atoms with van der Waals surface area (Å²) in [7, 11) is 1.65. The molecule has 0 amide bonds. The maximum Gasteiger partial charge on any atom is 0.229 e. The van der Waals surface area contributed by atoms with Crippen LogP contribution in [0.1, 0.15) is 42.5 Å². The van der Waals surface area contributed by atoms with Gasteiger partial charge in [0.15, 0.2) is 0 Å². The number of hydrogen-bond acceptors (Lipinski definition) is 7. The third-order valence-electron chi connectivity index (χ3n) is 4.99. The van der Waals surface area contributed by atoms with Crippen molar-refractivity contribution in [1.29, 1.82) is 16.1 Å². The van der Waals surface area contributed by atoms with Crippen LogP contribution >= 0.6 is 0 Å². The lowest BCUT2D eigenvalue weighted by atomic mass is 10.1. The number of nitrogens with zero attached hydrogens (tertiary/aromatic N) is 4. The van der Waals surface area contributed by atoms with Gasteiger partial charge in [-0.25, -0.2) is 4.98 Å². The van der Waals surface area contributed by atoms with Gasteiger partial charge in [-0.05, 0) is 38.0 Å². The molecule has 4 rings (SSSR count). The second-order valence-corrected chi connectivity index (χ2v) is 7.10. The predicted octanol–water partition coefficient (Wildman–Crippen LogP) is 3.71. The molecule has 0 unspecified atom stereocenters. The molecule has 1 saturated carbocycles. The summed E-state index contributed by atoms with van der Waals surface area (Å²) in [6.07, 6.45) is 4.87. The number of H-pyrrole nitrogens is 1. The van der Waals surface area contributed by atoms with Crippen LogP contribution in [0.15, 0.2) is 24.4 Å². The van der Waals surface area contributed by atoms with Crippen LogP contribution < -0.4 is 10.1 Å². The SMILES string of the molecule is CCOc1cc(C(=N)N(C)C=N)ccc1Nc1nc(C2CC2)c2c(C#N)c[nH]c2n1. The number of ether oxygens (including phenoxy) is 1. The molecule has 2 heterocycles. The van der Waals surface area contributed by atoms with E-state index in [1.165, 1.54) is 4.90 Å². The van der Waals surface area contributed by atoms with Gasteiger partial charge in [-0.15, -0.1) is 0 Å². The lowest BCUT2D eigenvalue weighted by molar-refractivity contribution is 0.342.